The lowest BCUT2D eigenvalue weighted by atomic mass is 10.1. The molecule has 3 aromatic rings. The van der Waals surface area contributed by atoms with Crippen LogP contribution in [-0.2, 0) is 19.6 Å². The lowest BCUT2D eigenvalue weighted by Crippen LogP contribution is -2.52. The van der Waals surface area contributed by atoms with Crippen molar-refractivity contribution in [3.8, 4) is 0 Å². The number of benzene rings is 2. The lowest BCUT2D eigenvalue weighted by Gasteiger charge is -2.36. The summed E-state index contributed by atoms with van der Waals surface area (Å²) in [5.41, 5.74) is 3.99. The quantitative estimate of drug-likeness (QED) is 0.495. The first-order chi connectivity index (χ1) is 15.2. The Morgan fingerprint density at radius 3 is 2.48 bits per heavy atom. The minimum Gasteiger partial charge on any atom is -0.349 e. The summed E-state index contributed by atoms with van der Waals surface area (Å²) in [4.78, 5) is 13.9. The Morgan fingerprint density at radius 2 is 1.74 bits per heavy atom. The van der Waals surface area contributed by atoms with Crippen molar-refractivity contribution in [2.24, 2.45) is 4.99 Å². The summed E-state index contributed by atoms with van der Waals surface area (Å²) in [7, 11) is 1.86. The fourth-order valence-electron chi connectivity index (χ4n) is 4.11. The van der Waals surface area contributed by atoms with Crippen molar-refractivity contribution in [3.05, 3.63) is 89.5 Å². The van der Waals surface area contributed by atoms with Crippen molar-refractivity contribution >= 4 is 5.96 Å². The second-order valence-electron chi connectivity index (χ2n) is 8.11. The zero-order valence-electron chi connectivity index (χ0n) is 18.5. The number of aliphatic imine (C=N–C) groups is 1. The summed E-state index contributed by atoms with van der Waals surface area (Å²) in [6.45, 7) is 8.69. The molecule has 0 aliphatic carbocycles. The van der Waals surface area contributed by atoms with Gasteiger partial charge in [0.25, 0.3) is 0 Å². The van der Waals surface area contributed by atoms with Crippen LogP contribution in [0.15, 0.2) is 72.0 Å². The SMILES string of the molecule is CN=C(NCc1nccn1Cc1ccccc1)N1CCN(Cc2cccc(C)c2)CC1. The number of nitrogens with zero attached hydrogens (tertiary/aromatic N) is 5. The van der Waals surface area contributed by atoms with Crippen LogP contribution < -0.4 is 5.32 Å². The van der Waals surface area contributed by atoms with Gasteiger partial charge in [0, 0.05) is 58.7 Å². The predicted octanol–water partition coefficient (Wildman–Crippen LogP) is 3.13. The summed E-state index contributed by atoms with van der Waals surface area (Å²) in [6.07, 6.45) is 3.91. The first kappa shape index (κ1) is 21.1. The number of aromatic nitrogens is 2. The van der Waals surface area contributed by atoms with E-state index in [1.165, 1.54) is 16.7 Å². The van der Waals surface area contributed by atoms with Crippen molar-refractivity contribution in [2.75, 3.05) is 33.2 Å². The number of imidazole rings is 1. The summed E-state index contributed by atoms with van der Waals surface area (Å²) >= 11 is 0. The molecule has 1 saturated heterocycles. The average Bonchev–Trinajstić information content (AvgIpc) is 3.23. The minimum absolute atomic E-state index is 0.663. The number of piperazine rings is 1. The molecule has 0 atom stereocenters. The van der Waals surface area contributed by atoms with Gasteiger partial charge in [-0.25, -0.2) is 4.98 Å². The van der Waals surface area contributed by atoms with Gasteiger partial charge in [0.15, 0.2) is 5.96 Å². The molecule has 1 aliphatic rings. The Balaban J connectivity index is 1.28. The number of hydrogen-bond acceptors (Lipinski definition) is 3. The molecule has 2 heterocycles. The van der Waals surface area contributed by atoms with Crippen LogP contribution in [0.2, 0.25) is 0 Å². The van der Waals surface area contributed by atoms with Crippen LogP contribution in [0, 0.1) is 6.92 Å². The van der Waals surface area contributed by atoms with Crippen molar-refractivity contribution < 1.29 is 0 Å². The lowest BCUT2D eigenvalue weighted by molar-refractivity contribution is 0.172. The molecule has 1 aliphatic heterocycles. The zero-order chi connectivity index (χ0) is 21.5. The van der Waals surface area contributed by atoms with Gasteiger partial charge in [-0.05, 0) is 18.1 Å². The van der Waals surface area contributed by atoms with Gasteiger partial charge in [-0.1, -0.05) is 60.2 Å². The molecule has 0 spiro atoms. The Labute approximate surface area is 185 Å². The van der Waals surface area contributed by atoms with E-state index in [0.717, 1.165) is 51.1 Å². The third-order valence-electron chi connectivity index (χ3n) is 5.77. The number of guanidine groups is 1. The van der Waals surface area contributed by atoms with E-state index in [4.69, 9.17) is 0 Å². The van der Waals surface area contributed by atoms with Gasteiger partial charge in [-0.15, -0.1) is 0 Å². The summed E-state index contributed by atoms with van der Waals surface area (Å²) in [5.74, 6) is 1.97. The highest BCUT2D eigenvalue weighted by Crippen LogP contribution is 2.11. The van der Waals surface area contributed by atoms with E-state index in [9.17, 15) is 0 Å². The van der Waals surface area contributed by atoms with Gasteiger partial charge in [-0.3, -0.25) is 9.89 Å². The fraction of sp³-hybridized carbons (Fsp3) is 0.360. The van der Waals surface area contributed by atoms with Gasteiger partial charge in [0.1, 0.15) is 5.82 Å². The predicted molar refractivity (Wildman–Crippen MR) is 126 cm³/mol. The van der Waals surface area contributed by atoms with E-state index in [1.54, 1.807) is 0 Å². The first-order valence-corrected chi connectivity index (χ1v) is 11.0. The van der Waals surface area contributed by atoms with Gasteiger partial charge in [0.2, 0.25) is 0 Å². The van der Waals surface area contributed by atoms with E-state index in [-0.39, 0.29) is 0 Å². The molecule has 0 amide bonds. The maximum Gasteiger partial charge on any atom is 0.194 e. The molecule has 1 N–H and O–H groups in total. The third kappa shape index (κ3) is 5.73. The van der Waals surface area contributed by atoms with Gasteiger partial charge in [-0.2, -0.15) is 0 Å². The standard InChI is InChI=1S/C25H32N6/c1-21-7-6-10-23(17-21)19-29-13-15-30(16-14-29)25(26-2)28-18-24-27-11-12-31(24)20-22-8-4-3-5-9-22/h3-12,17H,13-16,18-20H2,1-2H3,(H,26,28). The van der Waals surface area contributed by atoms with Crippen molar-refractivity contribution in [1.82, 2.24) is 24.7 Å². The van der Waals surface area contributed by atoms with E-state index in [0.29, 0.717) is 6.54 Å². The van der Waals surface area contributed by atoms with Crippen molar-refractivity contribution in [1.29, 1.82) is 0 Å². The Hall–Kier alpha value is -3.12. The Kier molecular flexibility index (Phi) is 6.99. The molecule has 0 saturated carbocycles. The normalized spacial score (nSPS) is 15.3. The highest BCUT2D eigenvalue weighted by atomic mass is 15.3. The molecule has 162 valence electrons. The molecule has 1 aromatic heterocycles. The van der Waals surface area contributed by atoms with Crippen LogP contribution in [0.3, 0.4) is 0 Å². The van der Waals surface area contributed by atoms with E-state index in [2.05, 4.69) is 85.1 Å². The molecule has 1 fully saturated rings. The molecule has 2 aromatic carbocycles. The molecule has 4 rings (SSSR count). The second kappa shape index (κ2) is 10.3. The number of aryl methyl sites for hydroxylation is 1. The second-order valence-corrected chi connectivity index (χ2v) is 8.11. The van der Waals surface area contributed by atoms with Crippen LogP contribution in [0.1, 0.15) is 22.5 Å². The zero-order valence-corrected chi connectivity index (χ0v) is 18.5. The van der Waals surface area contributed by atoms with Crippen LogP contribution in [0.25, 0.3) is 0 Å². The topological polar surface area (TPSA) is 48.7 Å². The van der Waals surface area contributed by atoms with E-state index in [1.807, 2.05) is 25.5 Å². The molecule has 6 heteroatoms. The average molecular weight is 417 g/mol. The Bertz CT molecular complexity index is 986. The first-order valence-electron chi connectivity index (χ1n) is 11.0. The number of nitrogens with one attached hydrogen (secondary N) is 1. The van der Waals surface area contributed by atoms with E-state index < -0.39 is 0 Å². The molecule has 0 radical (unpaired) electrons. The van der Waals surface area contributed by atoms with Crippen LogP contribution in [0.5, 0.6) is 0 Å². The maximum atomic E-state index is 4.55. The number of rotatable bonds is 6. The highest BCUT2D eigenvalue weighted by Gasteiger charge is 2.20. The smallest absolute Gasteiger partial charge is 0.194 e. The molecular formula is C25H32N6. The largest absolute Gasteiger partial charge is 0.349 e. The Morgan fingerprint density at radius 1 is 0.968 bits per heavy atom. The molecular weight excluding hydrogens is 384 g/mol. The monoisotopic (exact) mass is 416 g/mol. The van der Waals surface area contributed by atoms with Crippen LogP contribution in [0.4, 0.5) is 0 Å². The molecule has 6 nitrogen and oxygen atoms in total. The van der Waals surface area contributed by atoms with Crippen molar-refractivity contribution in [3.63, 3.8) is 0 Å². The molecule has 0 bridgehead atoms. The third-order valence-corrected chi connectivity index (χ3v) is 5.77. The molecule has 31 heavy (non-hydrogen) atoms. The fourth-order valence-corrected chi connectivity index (χ4v) is 4.11. The maximum absolute atomic E-state index is 4.55. The van der Waals surface area contributed by atoms with Crippen LogP contribution >= 0.6 is 0 Å². The van der Waals surface area contributed by atoms with Gasteiger partial charge >= 0.3 is 0 Å². The van der Waals surface area contributed by atoms with E-state index >= 15 is 0 Å². The van der Waals surface area contributed by atoms with Crippen LogP contribution in [-0.4, -0.2) is 58.5 Å². The molecule has 0 unspecified atom stereocenters. The summed E-state index contributed by atoms with van der Waals surface area (Å²) in [6, 6.07) is 19.3. The number of hydrogen-bond donors (Lipinski definition) is 1. The van der Waals surface area contributed by atoms with Gasteiger partial charge < -0.3 is 14.8 Å². The van der Waals surface area contributed by atoms with Gasteiger partial charge in [0.05, 0.1) is 6.54 Å². The highest BCUT2D eigenvalue weighted by molar-refractivity contribution is 5.79. The summed E-state index contributed by atoms with van der Waals surface area (Å²) in [5, 5.41) is 3.51. The van der Waals surface area contributed by atoms with Crippen molar-refractivity contribution in [2.45, 2.75) is 26.6 Å². The minimum atomic E-state index is 0.663. The summed E-state index contributed by atoms with van der Waals surface area (Å²) < 4.78 is 2.19.